The molecule has 38 heavy (non-hydrogen) atoms. The van der Waals surface area contributed by atoms with Crippen molar-refractivity contribution < 1.29 is 19.1 Å². The van der Waals surface area contributed by atoms with E-state index in [0.717, 1.165) is 15.6 Å². The number of halogens is 1. The van der Waals surface area contributed by atoms with Crippen molar-refractivity contribution >= 4 is 51.1 Å². The van der Waals surface area contributed by atoms with E-state index in [2.05, 4.69) is 10.5 Å². The fourth-order valence-electron chi connectivity index (χ4n) is 3.71. The highest BCUT2D eigenvalue weighted by atomic mass is 35.5. The number of thiophene rings is 1. The van der Waals surface area contributed by atoms with Crippen molar-refractivity contribution in [2.75, 3.05) is 0 Å². The number of amides is 1. The Morgan fingerprint density at radius 1 is 0.842 bits per heavy atom. The number of para-hydroxylation sites is 2. The number of carbonyl (C=O) groups excluding carboxylic acids is 2. The van der Waals surface area contributed by atoms with Crippen LogP contribution < -0.4 is 14.9 Å². The molecule has 0 aliphatic carbocycles. The van der Waals surface area contributed by atoms with E-state index in [-0.39, 0.29) is 5.75 Å². The zero-order valence-electron chi connectivity index (χ0n) is 20.0. The van der Waals surface area contributed by atoms with Crippen LogP contribution in [-0.4, -0.2) is 18.1 Å². The molecule has 5 aromatic rings. The van der Waals surface area contributed by atoms with E-state index in [1.54, 1.807) is 48.5 Å². The van der Waals surface area contributed by atoms with Crippen LogP contribution in [0.5, 0.6) is 11.5 Å². The summed E-state index contributed by atoms with van der Waals surface area (Å²) in [5, 5.41) is 5.24. The van der Waals surface area contributed by atoms with Crippen LogP contribution in [-0.2, 0) is 6.61 Å². The van der Waals surface area contributed by atoms with Gasteiger partial charge < -0.3 is 9.47 Å². The van der Waals surface area contributed by atoms with Crippen molar-refractivity contribution in [1.82, 2.24) is 5.43 Å². The highest BCUT2D eigenvalue weighted by Crippen LogP contribution is 2.36. The van der Waals surface area contributed by atoms with Crippen LogP contribution in [0.3, 0.4) is 0 Å². The van der Waals surface area contributed by atoms with Crippen molar-refractivity contribution in [1.29, 1.82) is 0 Å². The first kappa shape index (κ1) is 25.2. The minimum atomic E-state index is -0.564. The van der Waals surface area contributed by atoms with E-state index in [4.69, 9.17) is 21.1 Å². The molecule has 0 unspecified atom stereocenters. The first-order valence-corrected chi connectivity index (χ1v) is 12.9. The molecular weight excluding hydrogens is 520 g/mol. The number of ether oxygens (including phenoxy) is 2. The predicted molar refractivity (Wildman–Crippen MR) is 151 cm³/mol. The zero-order valence-corrected chi connectivity index (χ0v) is 21.5. The number of rotatable bonds is 8. The minimum absolute atomic E-state index is 0.288. The lowest BCUT2D eigenvalue weighted by molar-refractivity contribution is 0.0739. The van der Waals surface area contributed by atoms with Crippen LogP contribution in [0.2, 0.25) is 5.02 Å². The second-order valence-electron chi connectivity index (χ2n) is 8.14. The van der Waals surface area contributed by atoms with E-state index < -0.39 is 11.9 Å². The smallest absolute Gasteiger partial charge is 0.355 e. The quantitative estimate of drug-likeness (QED) is 0.0984. The first-order valence-electron chi connectivity index (χ1n) is 11.7. The third kappa shape index (κ3) is 5.75. The lowest BCUT2D eigenvalue weighted by Crippen LogP contribution is -2.19. The Balaban J connectivity index is 1.27. The monoisotopic (exact) mass is 540 g/mol. The fourth-order valence-corrected chi connectivity index (χ4v) is 5.09. The second kappa shape index (κ2) is 11.7. The summed E-state index contributed by atoms with van der Waals surface area (Å²) in [6, 6.07) is 31.0. The molecule has 0 saturated carbocycles. The molecule has 8 heteroatoms. The number of benzene rings is 4. The van der Waals surface area contributed by atoms with Gasteiger partial charge in [-0.1, -0.05) is 84.4 Å². The number of carbonyl (C=O) groups is 2. The molecule has 1 heterocycles. The van der Waals surface area contributed by atoms with Crippen LogP contribution in [0.15, 0.2) is 108 Å². The highest BCUT2D eigenvalue weighted by molar-refractivity contribution is 7.21. The molecule has 0 bridgehead atoms. The summed E-state index contributed by atoms with van der Waals surface area (Å²) in [6.45, 7) is 0.330. The third-order valence-electron chi connectivity index (χ3n) is 5.58. The Kier molecular flexibility index (Phi) is 7.78. The van der Waals surface area contributed by atoms with Gasteiger partial charge in [-0.3, -0.25) is 4.79 Å². The lowest BCUT2D eigenvalue weighted by atomic mass is 10.2. The minimum Gasteiger partial charge on any atom is -0.488 e. The second-order valence-corrected chi connectivity index (χ2v) is 9.57. The summed E-state index contributed by atoms with van der Waals surface area (Å²) in [4.78, 5) is 26.1. The molecule has 188 valence electrons. The van der Waals surface area contributed by atoms with E-state index in [9.17, 15) is 9.59 Å². The van der Waals surface area contributed by atoms with Crippen molar-refractivity contribution in [3.8, 4) is 11.5 Å². The van der Waals surface area contributed by atoms with Gasteiger partial charge in [0.2, 0.25) is 0 Å². The number of hydrogen-bond donors (Lipinski definition) is 1. The molecule has 6 nitrogen and oxygen atoms in total. The van der Waals surface area contributed by atoms with Gasteiger partial charge in [-0.2, -0.15) is 5.10 Å². The van der Waals surface area contributed by atoms with Gasteiger partial charge in [-0.15, -0.1) is 11.3 Å². The predicted octanol–water partition coefficient (Wildman–Crippen LogP) is 7.12. The largest absolute Gasteiger partial charge is 0.488 e. The normalized spacial score (nSPS) is 11.0. The standard InChI is InChI=1S/C30H21ClN2O4S/c31-27-23-14-6-9-17-26(23)38-28(27)30(35)37-24-15-7-4-12-21(24)18-32-33-29(34)22-13-5-8-16-25(22)36-19-20-10-2-1-3-11-20/h1-18H,19H2,(H,33,34)/b32-18-. The third-order valence-corrected chi connectivity index (χ3v) is 7.24. The summed E-state index contributed by atoms with van der Waals surface area (Å²) in [5.41, 5.74) is 4.36. The van der Waals surface area contributed by atoms with E-state index in [0.29, 0.717) is 33.4 Å². The van der Waals surface area contributed by atoms with Crippen molar-refractivity contribution in [2.24, 2.45) is 5.10 Å². The first-order chi connectivity index (χ1) is 18.6. The summed E-state index contributed by atoms with van der Waals surface area (Å²) in [7, 11) is 0. The maximum absolute atomic E-state index is 12.9. The number of fused-ring (bicyclic) bond motifs is 1. The number of nitrogens with zero attached hydrogens (tertiary/aromatic N) is 1. The molecule has 1 N–H and O–H groups in total. The van der Waals surface area contributed by atoms with Gasteiger partial charge in [0.05, 0.1) is 16.8 Å². The maximum Gasteiger partial charge on any atom is 0.355 e. The van der Waals surface area contributed by atoms with Crippen LogP contribution in [0.4, 0.5) is 0 Å². The number of hydrogen-bond acceptors (Lipinski definition) is 6. The zero-order chi connectivity index (χ0) is 26.3. The SMILES string of the molecule is O=C(N/N=C\c1ccccc1OC(=O)c1sc2ccccc2c1Cl)c1ccccc1OCc1ccccc1. The number of esters is 1. The molecule has 1 amide bonds. The topological polar surface area (TPSA) is 77.0 Å². The van der Waals surface area contributed by atoms with E-state index >= 15 is 0 Å². The Labute approximate surface area is 228 Å². The van der Waals surface area contributed by atoms with Crippen molar-refractivity contribution in [3.63, 3.8) is 0 Å². The Morgan fingerprint density at radius 2 is 1.53 bits per heavy atom. The molecule has 0 atom stereocenters. The molecular formula is C30H21ClN2O4S. The maximum atomic E-state index is 12.9. The molecule has 1 aromatic heterocycles. The summed E-state index contributed by atoms with van der Waals surface area (Å²) >= 11 is 7.70. The van der Waals surface area contributed by atoms with Crippen molar-refractivity contribution in [2.45, 2.75) is 6.61 Å². The van der Waals surface area contributed by atoms with Crippen LogP contribution in [0.25, 0.3) is 10.1 Å². The summed E-state index contributed by atoms with van der Waals surface area (Å²) in [5.74, 6) is -0.267. The van der Waals surface area contributed by atoms with Gasteiger partial charge in [0.15, 0.2) is 0 Å². The van der Waals surface area contributed by atoms with Gasteiger partial charge in [-0.25, -0.2) is 10.2 Å². The highest BCUT2D eigenvalue weighted by Gasteiger charge is 2.20. The molecule has 0 fully saturated rings. The summed E-state index contributed by atoms with van der Waals surface area (Å²) < 4.78 is 12.4. The molecule has 4 aromatic carbocycles. The van der Waals surface area contributed by atoms with Crippen LogP contribution >= 0.6 is 22.9 Å². The molecule has 0 radical (unpaired) electrons. The molecule has 0 spiro atoms. The van der Waals surface area contributed by atoms with Gasteiger partial charge in [0.1, 0.15) is 23.0 Å². The summed E-state index contributed by atoms with van der Waals surface area (Å²) in [6.07, 6.45) is 1.42. The van der Waals surface area contributed by atoms with Gasteiger partial charge in [0, 0.05) is 15.6 Å². The van der Waals surface area contributed by atoms with E-state index in [1.165, 1.54) is 17.6 Å². The van der Waals surface area contributed by atoms with Crippen molar-refractivity contribution in [3.05, 3.63) is 130 Å². The Morgan fingerprint density at radius 3 is 2.34 bits per heavy atom. The average Bonchev–Trinajstić information content (AvgIpc) is 3.30. The lowest BCUT2D eigenvalue weighted by Gasteiger charge is -2.10. The van der Waals surface area contributed by atoms with Crippen LogP contribution in [0, 0.1) is 0 Å². The van der Waals surface area contributed by atoms with E-state index in [1.807, 2.05) is 54.6 Å². The Hall–Kier alpha value is -4.46. The van der Waals surface area contributed by atoms with Gasteiger partial charge >= 0.3 is 5.97 Å². The molecule has 0 saturated heterocycles. The average molecular weight is 541 g/mol. The molecule has 5 rings (SSSR count). The van der Waals surface area contributed by atoms with Crippen LogP contribution in [0.1, 0.15) is 31.2 Å². The van der Waals surface area contributed by atoms with Gasteiger partial charge in [0.25, 0.3) is 5.91 Å². The molecule has 0 aliphatic rings. The fraction of sp³-hybridized carbons (Fsp3) is 0.0333. The number of hydrazone groups is 1. The Bertz CT molecular complexity index is 1630. The number of nitrogens with one attached hydrogen (secondary N) is 1. The molecule has 0 aliphatic heterocycles. The van der Waals surface area contributed by atoms with Gasteiger partial charge in [-0.05, 0) is 35.9 Å².